The first kappa shape index (κ1) is 17.8. The van der Waals surface area contributed by atoms with Gasteiger partial charge in [0, 0.05) is 5.69 Å². The third-order valence-corrected chi connectivity index (χ3v) is 4.40. The molecule has 0 aliphatic heterocycles. The van der Waals surface area contributed by atoms with Gasteiger partial charge in [0.1, 0.15) is 17.0 Å². The van der Waals surface area contributed by atoms with Crippen molar-refractivity contribution in [1.82, 2.24) is 19.9 Å². The molecule has 0 unspecified atom stereocenters. The van der Waals surface area contributed by atoms with Gasteiger partial charge in [-0.3, -0.25) is 0 Å². The van der Waals surface area contributed by atoms with Crippen LogP contribution in [0.4, 0.5) is 11.6 Å². The predicted octanol–water partition coefficient (Wildman–Crippen LogP) is 4.82. The smallest absolute Gasteiger partial charge is 0.250 e. The van der Waals surface area contributed by atoms with E-state index in [-0.39, 0.29) is 0 Å². The van der Waals surface area contributed by atoms with Crippen molar-refractivity contribution in [1.29, 1.82) is 0 Å². The van der Waals surface area contributed by atoms with E-state index in [0.717, 1.165) is 28.3 Å². The fourth-order valence-corrected chi connectivity index (χ4v) is 3.16. The molecule has 0 fully saturated rings. The molecule has 0 amide bonds. The lowest BCUT2D eigenvalue weighted by atomic mass is 10.1. The fraction of sp³-hybridized carbons (Fsp3) is 0.190. The van der Waals surface area contributed by atoms with Gasteiger partial charge in [-0.1, -0.05) is 17.7 Å². The Morgan fingerprint density at radius 3 is 2.36 bits per heavy atom. The van der Waals surface area contributed by atoms with Gasteiger partial charge in [0.2, 0.25) is 5.95 Å². The monoisotopic (exact) mass is 375 g/mol. The molecule has 2 heterocycles. The first-order chi connectivity index (χ1) is 13.5. The highest BCUT2D eigenvalue weighted by Gasteiger charge is 2.15. The van der Waals surface area contributed by atoms with Crippen molar-refractivity contribution in [2.24, 2.45) is 0 Å². The summed E-state index contributed by atoms with van der Waals surface area (Å²) in [6.45, 7) is 6.12. The minimum absolute atomic E-state index is 0.405. The Hall–Kier alpha value is -3.61. The number of benzene rings is 2. The summed E-state index contributed by atoms with van der Waals surface area (Å²) < 4.78 is 11.4. The minimum atomic E-state index is 0.405. The zero-order valence-corrected chi connectivity index (χ0v) is 16.2. The summed E-state index contributed by atoms with van der Waals surface area (Å²) in [7, 11) is 1.63. The molecule has 0 bridgehead atoms. The zero-order chi connectivity index (χ0) is 19.7. The van der Waals surface area contributed by atoms with Gasteiger partial charge in [-0.25, -0.2) is 4.98 Å². The van der Waals surface area contributed by atoms with Crippen molar-refractivity contribution in [3.63, 3.8) is 0 Å². The topological polar surface area (TPSA) is 85.0 Å². The first-order valence-corrected chi connectivity index (χ1v) is 8.91. The number of nitrogens with one attached hydrogen (secondary N) is 2. The van der Waals surface area contributed by atoms with E-state index < -0.39 is 0 Å². The third kappa shape index (κ3) is 3.46. The van der Waals surface area contributed by atoms with Crippen LogP contribution in [-0.2, 0) is 0 Å². The Morgan fingerprint density at radius 1 is 0.964 bits per heavy atom. The number of anilines is 2. The summed E-state index contributed by atoms with van der Waals surface area (Å²) in [5, 5.41) is 3.19. The quantitative estimate of drug-likeness (QED) is 0.520. The highest BCUT2D eigenvalue weighted by Crippen LogP contribution is 2.32. The molecule has 7 heteroatoms. The summed E-state index contributed by atoms with van der Waals surface area (Å²) in [4.78, 5) is 16.3. The Morgan fingerprint density at radius 2 is 1.68 bits per heavy atom. The van der Waals surface area contributed by atoms with Gasteiger partial charge in [-0.05, 0) is 56.2 Å². The second kappa shape index (κ2) is 7.19. The van der Waals surface area contributed by atoms with Crippen molar-refractivity contribution in [3.05, 3.63) is 59.4 Å². The first-order valence-electron chi connectivity index (χ1n) is 8.91. The molecule has 2 aromatic heterocycles. The summed E-state index contributed by atoms with van der Waals surface area (Å²) in [5.41, 5.74) is 5.31. The molecule has 7 nitrogen and oxygen atoms in total. The van der Waals surface area contributed by atoms with E-state index in [9.17, 15) is 0 Å². The molecule has 2 N–H and O–H groups in total. The number of imidazole rings is 1. The third-order valence-electron chi connectivity index (χ3n) is 4.40. The number of rotatable bonds is 5. The summed E-state index contributed by atoms with van der Waals surface area (Å²) in [5.74, 6) is 2.40. The highest BCUT2D eigenvalue weighted by atomic mass is 16.5. The van der Waals surface area contributed by atoms with Crippen LogP contribution in [0.25, 0.3) is 11.2 Å². The Kier molecular flexibility index (Phi) is 4.57. The molecule has 4 rings (SSSR count). The minimum Gasteiger partial charge on any atom is -0.497 e. The molecule has 0 atom stereocenters. The number of aryl methyl sites for hydroxylation is 3. The van der Waals surface area contributed by atoms with E-state index in [1.807, 2.05) is 38.1 Å². The van der Waals surface area contributed by atoms with Crippen LogP contribution in [0, 0.1) is 20.8 Å². The lowest BCUT2D eigenvalue weighted by Gasteiger charge is -2.13. The maximum atomic E-state index is 6.20. The van der Waals surface area contributed by atoms with Crippen molar-refractivity contribution in [2.45, 2.75) is 20.8 Å². The number of aromatic nitrogens is 4. The van der Waals surface area contributed by atoms with Gasteiger partial charge in [0.15, 0.2) is 5.65 Å². The van der Waals surface area contributed by atoms with Gasteiger partial charge >= 0.3 is 0 Å². The molecule has 0 aliphatic rings. The zero-order valence-electron chi connectivity index (χ0n) is 16.2. The highest BCUT2D eigenvalue weighted by molar-refractivity contribution is 5.78. The SMILES string of the molecule is COc1ccc(Nc2nc(Oc3c(C)cc(C)cc3C)c3[nH]cnc3n2)cc1. The van der Waals surface area contributed by atoms with Gasteiger partial charge in [0.05, 0.1) is 13.4 Å². The second-order valence-corrected chi connectivity index (χ2v) is 6.64. The van der Waals surface area contributed by atoms with Crippen molar-refractivity contribution >= 4 is 22.8 Å². The molecule has 142 valence electrons. The summed E-state index contributed by atoms with van der Waals surface area (Å²) in [6, 6.07) is 11.7. The lowest BCUT2D eigenvalue weighted by Crippen LogP contribution is -2.01. The number of H-pyrrole nitrogens is 1. The summed E-state index contributed by atoms with van der Waals surface area (Å²) >= 11 is 0. The van der Waals surface area contributed by atoms with Crippen LogP contribution in [0.2, 0.25) is 0 Å². The van der Waals surface area contributed by atoms with Crippen LogP contribution in [0.1, 0.15) is 16.7 Å². The Labute approximate surface area is 162 Å². The molecular weight excluding hydrogens is 354 g/mol. The van der Waals surface area contributed by atoms with Crippen LogP contribution >= 0.6 is 0 Å². The average Bonchev–Trinajstić information content (AvgIpc) is 3.14. The van der Waals surface area contributed by atoms with Crippen LogP contribution in [-0.4, -0.2) is 27.0 Å². The van der Waals surface area contributed by atoms with Crippen molar-refractivity contribution in [3.8, 4) is 17.4 Å². The van der Waals surface area contributed by atoms with E-state index in [1.165, 1.54) is 5.56 Å². The predicted molar refractivity (Wildman–Crippen MR) is 109 cm³/mol. The van der Waals surface area contributed by atoms with Crippen LogP contribution < -0.4 is 14.8 Å². The normalized spacial score (nSPS) is 10.9. The van der Waals surface area contributed by atoms with E-state index >= 15 is 0 Å². The van der Waals surface area contributed by atoms with Crippen molar-refractivity contribution in [2.75, 3.05) is 12.4 Å². The largest absolute Gasteiger partial charge is 0.497 e. The molecular formula is C21H21N5O2. The van der Waals surface area contributed by atoms with Crippen molar-refractivity contribution < 1.29 is 9.47 Å². The number of fused-ring (bicyclic) bond motifs is 1. The number of hydrogen-bond donors (Lipinski definition) is 2. The number of methoxy groups -OCH3 is 1. The molecule has 2 aromatic carbocycles. The van der Waals surface area contributed by atoms with Crippen LogP contribution in [0.3, 0.4) is 0 Å². The molecule has 0 aliphatic carbocycles. The Bertz CT molecular complexity index is 1110. The maximum Gasteiger partial charge on any atom is 0.250 e. The second-order valence-electron chi connectivity index (χ2n) is 6.64. The summed E-state index contributed by atoms with van der Waals surface area (Å²) in [6.07, 6.45) is 1.58. The van der Waals surface area contributed by atoms with E-state index in [2.05, 4.69) is 44.3 Å². The lowest BCUT2D eigenvalue weighted by molar-refractivity contribution is 0.415. The molecule has 28 heavy (non-hydrogen) atoms. The number of ether oxygens (including phenoxy) is 2. The standard InChI is InChI=1S/C21H21N5O2/c1-12-9-13(2)18(14(3)10-12)28-20-17-19(23-11-22-17)25-21(26-20)24-15-5-7-16(27-4)8-6-15/h5-11H,1-4H3,(H2,22,23,24,25,26). The fourth-order valence-electron chi connectivity index (χ4n) is 3.16. The number of hydrogen-bond acceptors (Lipinski definition) is 6. The van der Waals surface area contributed by atoms with E-state index in [4.69, 9.17) is 9.47 Å². The van der Waals surface area contributed by atoms with Crippen LogP contribution in [0.15, 0.2) is 42.7 Å². The van der Waals surface area contributed by atoms with Gasteiger partial charge in [-0.2, -0.15) is 9.97 Å². The molecule has 0 radical (unpaired) electrons. The van der Waals surface area contributed by atoms with Crippen LogP contribution in [0.5, 0.6) is 17.4 Å². The maximum absolute atomic E-state index is 6.20. The molecule has 0 spiro atoms. The number of nitrogens with zero attached hydrogens (tertiary/aromatic N) is 3. The van der Waals surface area contributed by atoms with Gasteiger partial charge < -0.3 is 19.8 Å². The van der Waals surface area contributed by atoms with E-state index in [1.54, 1.807) is 13.4 Å². The van der Waals surface area contributed by atoms with Gasteiger partial charge in [0.25, 0.3) is 5.88 Å². The van der Waals surface area contributed by atoms with E-state index in [0.29, 0.717) is 23.0 Å². The average molecular weight is 375 g/mol. The molecule has 0 saturated heterocycles. The van der Waals surface area contributed by atoms with Gasteiger partial charge in [-0.15, -0.1) is 0 Å². The number of aromatic amines is 1. The molecule has 0 saturated carbocycles. The molecule has 4 aromatic rings. The Balaban J connectivity index is 1.71.